The lowest BCUT2D eigenvalue weighted by Gasteiger charge is -2.07. The number of H-pyrrole nitrogens is 1. The molecule has 2 N–H and O–H groups in total. The third-order valence-corrected chi connectivity index (χ3v) is 5.81. The Kier molecular flexibility index (Phi) is 4.06. The van der Waals surface area contributed by atoms with Gasteiger partial charge in [0.1, 0.15) is 12.9 Å². The zero-order valence-electron chi connectivity index (χ0n) is 14.7. The van der Waals surface area contributed by atoms with Crippen molar-refractivity contribution >= 4 is 44.0 Å². The number of aromatic nitrogens is 3. The topological polar surface area (TPSA) is 83.0 Å². The van der Waals surface area contributed by atoms with E-state index in [0.717, 1.165) is 48.6 Å². The maximum atomic E-state index is 10.7. The average Bonchev–Trinajstić information content (AvgIpc) is 3.34. The third kappa shape index (κ3) is 2.91. The molecule has 0 bridgehead atoms. The number of nitroso groups, excluding NO2 is 1. The van der Waals surface area contributed by atoms with E-state index in [4.69, 9.17) is 0 Å². The van der Waals surface area contributed by atoms with E-state index in [0.29, 0.717) is 0 Å². The summed E-state index contributed by atoms with van der Waals surface area (Å²) in [4.78, 5) is 23.8. The molecule has 0 fully saturated rings. The van der Waals surface area contributed by atoms with Crippen molar-refractivity contribution in [3.8, 4) is 10.4 Å². The Morgan fingerprint density at radius 1 is 1.07 bits per heavy atom. The second-order valence-corrected chi connectivity index (χ2v) is 7.45. The Hall–Kier alpha value is -3.58. The van der Waals surface area contributed by atoms with Gasteiger partial charge in [0.05, 0.1) is 10.2 Å². The number of hydrogen-bond donors (Lipinski definition) is 2. The smallest absolute Gasteiger partial charge is 0.151 e. The Labute approximate surface area is 164 Å². The molecule has 0 aliphatic rings. The zero-order valence-corrected chi connectivity index (χ0v) is 15.5. The molecule has 3 aromatic heterocycles. The standard InChI is InChI=1S/C21H15N5OS/c27-25-11-14-10-22-17-7-6-15(8-16(14)17)26-21-20-18(23-12-24-21)9-19(28-20)13-4-2-1-3-5-13/h1-10,12,22H,11H2,(H,23,24,26). The molecule has 7 heteroatoms. The van der Waals surface area contributed by atoms with Crippen molar-refractivity contribution in [1.82, 2.24) is 15.0 Å². The highest BCUT2D eigenvalue weighted by molar-refractivity contribution is 7.22. The molecule has 6 nitrogen and oxygen atoms in total. The van der Waals surface area contributed by atoms with Crippen LogP contribution in [0.25, 0.3) is 31.6 Å². The van der Waals surface area contributed by atoms with Gasteiger partial charge in [0, 0.05) is 33.2 Å². The van der Waals surface area contributed by atoms with Gasteiger partial charge in [-0.15, -0.1) is 11.3 Å². The van der Waals surface area contributed by atoms with E-state index in [-0.39, 0.29) is 6.54 Å². The van der Waals surface area contributed by atoms with Crippen LogP contribution >= 0.6 is 11.3 Å². The molecular weight excluding hydrogens is 370 g/mol. The van der Waals surface area contributed by atoms with E-state index in [1.165, 1.54) is 0 Å². The minimum atomic E-state index is 0.145. The highest BCUT2D eigenvalue weighted by Crippen LogP contribution is 2.36. The molecule has 5 rings (SSSR count). The predicted octanol–water partition coefficient (Wildman–Crippen LogP) is 5.85. The van der Waals surface area contributed by atoms with Gasteiger partial charge in [-0.2, -0.15) is 4.91 Å². The van der Waals surface area contributed by atoms with Crippen molar-refractivity contribution in [2.75, 3.05) is 5.32 Å². The minimum absolute atomic E-state index is 0.145. The Bertz CT molecular complexity index is 1290. The largest absolute Gasteiger partial charge is 0.361 e. The Morgan fingerprint density at radius 2 is 1.96 bits per heavy atom. The number of benzene rings is 2. The molecule has 136 valence electrons. The molecular formula is C21H15N5OS. The minimum Gasteiger partial charge on any atom is -0.361 e. The SMILES string of the molecule is O=NCc1c[nH]c2ccc(Nc3ncnc4cc(-c5ccccc5)sc34)cc12. The van der Waals surface area contributed by atoms with Crippen molar-refractivity contribution in [3.63, 3.8) is 0 Å². The molecule has 28 heavy (non-hydrogen) atoms. The molecule has 0 spiro atoms. The summed E-state index contributed by atoms with van der Waals surface area (Å²) < 4.78 is 1.00. The maximum Gasteiger partial charge on any atom is 0.151 e. The number of nitrogens with zero attached hydrogens (tertiary/aromatic N) is 3. The van der Waals surface area contributed by atoms with Crippen LogP contribution in [-0.2, 0) is 6.54 Å². The van der Waals surface area contributed by atoms with E-state index >= 15 is 0 Å². The molecule has 0 saturated carbocycles. The van der Waals surface area contributed by atoms with Gasteiger partial charge in [-0.05, 0) is 29.8 Å². The van der Waals surface area contributed by atoms with Gasteiger partial charge in [0.25, 0.3) is 0 Å². The first-order valence-corrected chi connectivity index (χ1v) is 9.59. The van der Waals surface area contributed by atoms with E-state index in [2.05, 4.69) is 43.6 Å². The summed E-state index contributed by atoms with van der Waals surface area (Å²) in [6, 6.07) is 18.3. The van der Waals surface area contributed by atoms with Gasteiger partial charge in [0.2, 0.25) is 0 Å². The fraction of sp³-hybridized carbons (Fsp3) is 0.0476. The van der Waals surface area contributed by atoms with Gasteiger partial charge in [-0.25, -0.2) is 9.97 Å². The van der Waals surface area contributed by atoms with Gasteiger partial charge in [-0.1, -0.05) is 35.5 Å². The maximum absolute atomic E-state index is 10.7. The molecule has 3 heterocycles. The molecule has 0 saturated heterocycles. The Morgan fingerprint density at radius 3 is 2.82 bits per heavy atom. The fourth-order valence-electron chi connectivity index (χ4n) is 3.28. The number of rotatable bonds is 5. The summed E-state index contributed by atoms with van der Waals surface area (Å²) in [7, 11) is 0. The van der Waals surface area contributed by atoms with Crippen LogP contribution in [0, 0.1) is 4.91 Å². The number of thiophene rings is 1. The lowest BCUT2D eigenvalue weighted by molar-refractivity contribution is 1.07. The highest BCUT2D eigenvalue weighted by Gasteiger charge is 2.11. The van der Waals surface area contributed by atoms with Crippen LogP contribution in [0.2, 0.25) is 0 Å². The quantitative estimate of drug-likeness (QED) is 0.372. The zero-order chi connectivity index (χ0) is 18.9. The van der Waals surface area contributed by atoms with E-state index < -0.39 is 0 Å². The molecule has 5 aromatic rings. The van der Waals surface area contributed by atoms with Crippen molar-refractivity contribution < 1.29 is 0 Å². The molecule has 0 aliphatic carbocycles. The van der Waals surface area contributed by atoms with Crippen molar-refractivity contribution in [2.24, 2.45) is 5.18 Å². The summed E-state index contributed by atoms with van der Waals surface area (Å²) in [5, 5.41) is 7.38. The summed E-state index contributed by atoms with van der Waals surface area (Å²) in [6.07, 6.45) is 3.40. The first kappa shape index (κ1) is 16.6. The lowest BCUT2D eigenvalue weighted by atomic mass is 10.1. The summed E-state index contributed by atoms with van der Waals surface area (Å²) in [6.45, 7) is 0.145. The summed E-state index contributed by atoms with van der Waals surface area (Å²) >= 11 is 1.66. The number of fused-ring (bicyclic) bond motifs is 2. The van der Waals surface area contributed by atoms with Crippen LogP contribution in [0.15, 0.2) is 72.3 Å². The molecule has 0 radical (unpaired) electrons. The molecule has 0 atom stereocenters. The number of hydrogen-bond acceptors (Lipinski definition) is 6. The van der Waals surface area contributed by atoms with E-state index in [1.807, 2.05) is 42.6 Å². The van der Waals surface area contributed by atoms with Gasteiger partial charge in [-0.3, -0.25) is 0 Å². The van der Waals surface area contributed by atoms with Crippen molar-refractivity contribution in [1.29, 1.82) is 0 Å². The first-order chi connectivity index (χ1) is 13.8. The number of aromatic amines is 1. The molecule has 0 unspecified atom stereocenters. The second kappa shape index (κ2) is 6.86. The van der Waals surface area contributed by atoms with Crippen LogP contribution in [0.4, 0.5) is 11.5 Å². The van der Waals surface area contributed by atoms with Gasteiger partial charge < -0.3 is 10.3 Å². The van der Waals surface area contributed by atoms with E-state index in [1.54, 1.807) is 17.7 Å². The van der Waals surface area contributed by atoms with Crippen LogP contribution < -0.4 is 5.32 Å². The Balaban J connectivity index is 1.54. The van der Waals surface area contributed by atoms with Crippen LogP contribution in [0.5, 0.6) is 0 Å². The molecule has 2 aromatic carbocycles. The van der Waals surface area contributed by atoms with Crippen LogP contribution in [-0.4, -0.2) is 15.0 Å². The average molecular weight is 385 g/mol. The fourth-order valence-corrected chi connectivity index (χ4v) is 4.34. The summed E-state index contributed by atoms with van der Waals surface area (Å²) in [5.74, 6) is 0.766. The van der Waals surface area contributed by atoms with Gasteiger partial charge >= 0.3 is 0 Å². The normalized spacial score (nSPS) is 11.1. The van der Waals surface area contributed by atoms with Crippen molar-refractivity contribution in [2.45, 2.75) is 6.54 Å². The van der Waals surface area contributed by atoms with Crippen LogP contribution in [0.1, 0.15) is 5.56 Å². The second-order valence-electron chi connectivity index (χ2n) is 6.40. The highest BCUT2D eigenvalue weighted by atomic mass is 32.1. The molecule has 0 amide bonds. The number of anilines is 2. The third-order valence-electron chi connectivity index (χ3n) is 4.63. The van der Waals surface area contributed by atoms with Crippen LogP contribution in [0.3, 0.4) is 0 Å². The monoisotopic (exact) mass is 385 g/mol. The van der Waals surface area contributed by atoms with Gasteiger partial charge in [0.15, 0.2) is 5.82 Å². The number of nitrogens with one attached hydrogen (secondary N) is 2. The van der Waals surface area contributed by atoms with Crippen molar-refractivity contribution in [3.05, 3.63) is 77.6 Å². The lowest BCUT2D eigenvalue weighted by Crippen LogP contribution is -1.94. The predicted molar refractivity (Wildman–Crippen MR) is 114 cm³/mol. The summed E-state index contributed by atoms with van der Waals surface area (Å²) in [5.41, 5.74) is 4.82. The first-order valence-electron chi connectivity index (χ1n) is 8.78. The molecule has 0 aliphatic heterocycles. The van der Waals surface area contributed by atoms with E-state index in [9.17, 15) is 4.91 Å².